The maximum atomic E-state index is 4.40. The predicted molar refractivity (Wildman–Crippen MR) is 84.7 cm³/mol. The van der Waals surface area contributed by atoms with Gasteiger partial charge in [0.15, 0.2) is 0 Å². The summed E-state index contributed by atoms with van der Waals surface area (Å²) in [6.45, 7) is 7.54. The molecule has 0 bridgehead atoms. The average molecular weight is 283 g/mol. The maximum absolute atomic E-state index is 4.40. The molecule has 1 heterocycles. The smallest absolute Gasteiger partial charge is 0.0827 e. The van der Waals surface area contributed by atoms with Gasteiger partial charge in [0.25, 0.3) is 0 Å². The number of rotatable bonds is 10. The van der Waals surface area contributed by atoms with Gasteiger partial charge < -0.3 is 0 Å². The summed E-state index contributed by atoms with van der Waals surface area (Å²) in [4.78, 5) is 0. The van der Waals surface area contributed by atoms with Crippen LogP contribution >= 0.6 is 12.6 Å². The predicted octanol–water partition coefficient (Wildman–Crippen LogP) is 4.14. The van der Waals surface area contributed by atoms with Crippen molar-refractivity contribution in [2.75, 3.05) is 0 Å². The molecule has 0 aromatic carbocycles. The Morgan fingerprint density at radius 2 is 1.79 bits per heavy atom. The van der Waals surface area contributed by atoms with E-state index in [1.807, 2.05) is 4.68 Å². The molecule has 1 atom stereocenters. The lowest BCUT2D eigenvalue weighted by Crippen LogP contribution is -2.04. The van der Waals surface area contributed by atoms with Crippen molar-refractivity contribution >= 4 is 12.6 Å². The van der Waals surface area contributed by atoms with E-state index in [2.05, 4.69) is 49.9 Å². The zero-order valence-electron chi connectivity index (χ0n) is 12.7. The van der Waals surface area contributed by atoms with Crippen molar-refractivity contribution in [3.05, 3.63) is 11.9 Å². The minimum absolute atomic E-state index is 0.552. The van der Waals surface area contributed by atoms with Crippen LogP contribution in [-0.2, 0) is 13.0 Å². The Kier molecular flexibility index (Phi) is 8.19. The van der Waals surface area contributed by atoms with Crippen molar-refractivity contribution in [2.45, 2.75) is 77.5 Å². The molecule has 110 valence electrons. The molecule has 0 aliphatic rings. The molecule has 0 amide bonds. The van der Waals surface area contributed by atoms with E-state index in [1.165, 1.54) is 38.5 Å². The number of thiol groups is 1. The van der Waals surface area contributed by atoms with E-state index in [1.54, 1.807) is 0 Å². The molecule has 3 nitrogen and oxygen atoms in total. The van der Waals surface area contributed by atoms with Crippen LogP contribution in [0.25, 0.3) is 0 Å². The Morgan fingerprint density at radius 1 is 1.11 bits per heavy atom. The van der Waals surface area contributed by atoms with Gasteiger partial charge in [-0.05, 0) is 30.4 Å². The van der Waals surface area contributed by atoms with E-state index < -0.39 is 0 Å². The highest BCUT2D eigenvalue weighted by molar-refractivity contribution is 7.80. The fraction of sp³-hybridized carbons (Fsp3) is 0.867. The van der Waals surface area contributed by atoms with Gasteiger partial charge in [0.2, 0.25) is 0 Å². The fourth-order valence-corrected chi connectivity index (χ4v) is 2.38. The van der Waals surface area contributed by atoms with Gasteiger partial charge >= 0.3 is 0 Å². The maximum Gasteiger partial charge on any atom is 0.0827 e. The van der Waals surface area contributed by atoms with Gasteiger partial charge in [0, 0.05) is 12.7 Å². The molecule has 1 unspecified atom stereocenters. The van der Waals surface area contributed by atoms with Crippen molar-refractivity contribution < 1.29 is 0 Å². The quantitative estimate of drug-likeness (QED) is 0.517. The zero-order valence-corrected chi connectivity index (χ0v) is 13.6. The first-order chi connectivity index (χ1) is 9.08. The molecule has 0 saturated heterocycles. The van der Waals surface area contributed by atoms with Crippen molar-refractivity contribution in [3.63, 3.8) is 0 Å². The van der Waals surface area contributed by atoms with E-state index in [9.17, 15) is 0 Å². The van der Waals surface area contributed by atoms with Crippen molar-refractivity contribution in [2.24, 2.45) is 5.92 Å². The molecular weight excluding hydrogens is 254 g/mol. The molecule has 0 radical (unpaired) electrons. The van der Waals surface area contributed by atoms with Gasteiger partial charge in [0.05, 0.1) is 5.69 Å². The summed E-state index contributed by atoms with van der Waals surface area (Å²) < 4.78 is 1.97. The Morgan fingerprint density at radius 3 is 2.47 bits per heavy atom. The number of hydrogen-bond acceptors (Lipinski definition) is 3. The molecule has 1 rings (SSSR count). The number of unbranched alkanes of at least 4 members (excludes halogenated alkanes) is 4. The van der Waals surface area contributed by atoms with E-state index in [4.69, 9.17) is 0 Å². The summed E-state index contributed by atoms with van der Waals surface area (Å²) in [7, 11) is 0. The molecule has 0 fully saturated rings. The topological polar surface area (TPSA) is 30.7 Å². The normalized spacial score (nSPS) is 13.1. The van der Waals surface area contributed by atoms with Crippen LogP contribution in [-0.4, -0.2) is 20.2 Å². The Labute approximate surface area is 123 Å². The standard InChI is InChI=1S/C15H29N3S/c1-13(2)11-18-12-15(16-17-18)10-8-6-4-5-7-9-14(3)19/h12-14,19H,4-11H2,1-3H3. The second-order valence-corrected chi connectivity index (χ2v) is 6.86. The van der Waals surface area contributed by atoms with Gasteiger partial charge in [-0.25, -0.2) is 0 Å². The highest BCUT2D eigenvalue weighted by Crippen LogP contribution is 2.11. The highest BCUT2D eigenvalue weighted by atomic mass is 32.1. The van der Waals surface area contributed by atoms with E-state index in [0.717, 1.165) is 18.7 Å². The number of hydrogen-bond donors (Lipinski definition) is 1. The summed E-state index contributed by atoms with van der Waals surface area (Å²) in [6, 6.07) is 0. The lowest BCUT2D eigenvalue weighted by Gasteiger charge is -2.03. The van der Waals surface area contributed by atoms with Gasteiger partial charge in [-0.2, -0.15) is 12.6 Å². The third-order valence-electron chi connectivity index (χ3n) is 3.19. The van der Waals surface area contributed by atoms with Gasteiger partial charge in [-0.15, -0.1) is 5.10 Å². The van der Waals surface area contributed by atoms with E-state index >= 15 is 0 Å². The van der Waals surface area contributed by atoms with Crippen LogP contribution < -0.4 is 0 Å². The zero-order chi connectivity index (χ0) is 14.1. The van der Waals surface area contributed by atoms with Gasteiger partial charge in [0.1, 0.15) is 0 Å². The van der Waals surface area contributed by atoms with Gasteiger partial charge in [-0.1, -0.05) is 51.7 Å². The third kappa shape index (κ3) is 8.30. The Bertz CT molecular complexity index is 334. The lowest BCUT2D eigenvalue weighted by molar-refractivity contribution is 0.472. The first kappa shape index (κ1) is 16.5. The van der Waals surface area contributed by atoms with Crippen LogP contribution in [0.2, 0.25) is 0 Å². The van der Waals surface area contributed by atoms with Crippen molar-refractivity contribution in [1.82, 2.24) is 15.0 Å². The largest absolute Gasteiger partial charge is 0.252 e. The molecule has 1 aromatic heterocycles. The van der Waals surface area contributed by atoms with Crippen LogP contribution in [0, 0.1) is 5.92 Å². The van der Waals surface area contributed by atoms with Gasteiger partial charge in [-0.3, -0.25) is 4.68 Å². The van der Waals surface area contributed by atoms with Crippen molar-refractivity contribution in [1.29, 1.82) is 0 Å². The SMILES string of the molecule is CC(C)Cn1cc(CCCCCCCC(C)S)nn1. The van der Waals surface area contributed by atoms with Crippen LogP contribution in [0.1, 0.15) is 65.0 Å². The van der Waals surface area contributed by atoms with E-state index in [0.29, 0.717) is 11.2 Å². The second kappa shape index (κ2) is 9.40. The summed E-state index contributed by atoms with van der Waals surface area (Å²) in [5.41, 5.74) is 1.14. The first-order valence-electron chi connectivity index (χ1n) is 7.65. The highest BCUT2D eigenvalue weighted by Gasteiger charge is 2.02. The molecule has 0 aliphatic heterocycles. The molecule has 19 heavy (non-hydrogen) atoms. The Balaban J connectivity index is 2.04. The Hall–Kier alpha value is -0.510. The molecule has 0 spiro atoms. The number of nitrogens with zero attached hydrogens (tertiary/aromatic N) is 3. The summed E-state index contributed by atoms with van der Waals surface area (Å²) in [5, 5.41) is 8.94. The molecule has 1 aromatic rings. The fourth-order valence-electron chi connectivity index (χ4n) is 2.19. The van der Waals surface area contributed by atoms with Crippen molar-refractivity contribution in [3.8, 4) is 0 Å². The number of aryl methyl sites for hydroxylation is 1. The summed E-state index contributed by atoms with van der Waals surface area (Å²) in [6.07, 6.45) is 10.9. The minimum atomic E-state index is 0.552. The molecule has 0 N–H and O–H groups in total. The van der Waals surface area contributed by atoms with E-state index in [-0.39, 0.29) is 0 Å². The molecule has 0 aliphatic carbocycles. The van der Waals surface area contributed by atoms with Crippen LogP contribution in [0.5, 0.6) is 0 Å². The third-order valence-corrected chi connectivity index (χ3v) is 3.45. The summed E-state index contributed by atoms with van der Waals surface area (Å²) >= 11 is 4.40. The average Bonchev–Trinajstić information content (AvgIpc) is 2.74. The first-order valence-corrected chi connectivity index (χ1v) is 8.16. The summed E-state index contributed by atoms with van der Waals surface area (Å²) in [5.74, 6) is 0.628. The molecule has 4 heteroatoms. The molecule has 0 saturated carbocycles. The second-order valence-electron chi connectivity index (χ2n) is 5.98. The monoisotopic (exact) mass is 283 g/mol. The van der Waals surface area contributed by atoms with Crippen LogP contribution in [0.3, 0.4) is 0 Å². The molecular formula is C15H29N3S. The minimum Gasteiger partial charge on any atom is -0.252 e. The van der Waals surface area contributed by atoms with Crippen LogP contribution in [0.15, 0.2) is 6.20 Å². The number of aromatic nitrogens is 3. The lowest BCUT2D eigenvalue weighted by atomic mass is 10.1. The van der Waals surface area contributed by atoms with Crippen LogP contribution in [0.4, 0.5) is 0 Å².